The summed E-state index contributed by atoms with van der Waals surface area (Å²) >= 11 is -0.216. The van der Waals surface area contributed by atoms with E-state index in [4.69, 9.17) is 4.42 Å². The summed E-state index contributed by atoms with van der Waals surface area (Å²) in [7, 11) is 0. The first-order chi connectivity index (χ1) is 9.92. The topological polar surface area (TPSA) is 13.1 Å². The number of benzene rings is 2. The van der Waals surface area contributed by atoms with Crippen LogP contribution in [0, 0.1) is 0 Å². The normalized spacial score (nSPS) is 18.1. The van der Waals surface area contributed by atoms with Gasteiger partial charge in [-0.2, -0.15) is 0 Å². The second-order valence-electron chi connectivity index (χ2n) is 5.25. The Morgan fingerprint density at radius 2 is 1.75 bits per heavy atom. The van der Waals surface area contributed by atoms with Crippen molar-refractivity contribution in [2.24, 2.45) is 0 Å². The summed E-state index contributed by atoms with van der Waals surface area (Å²) in [6, 6.07) is 19.5. The van der Waals surface area contributed by atoms with E-state index < -0.39 is 0 Å². The molecule has 2 aromatic carbocycles. The van der Waals surface area contributed by atoms with E-state index in [2.05, 4.69) is 54.6 Å². The molecule has 3 aromatic rings. The molecule has 0 spiro atoms. The van der Waals surface area contributed by atoms with E-state index >= 15 is 0 Å². The van der Waals surface area contributed by atoms with Crippen LogP contribution in [0.2, 0.25) is 0 Å². The average molecular weight is 376 g/mol. The van der Waals surface area contributed by atoms with Gasteiger partial charge in [0.2, 0.25) is 0 Å². The molecule has 2 heteroatoms. The first-order valence-electron chi connectivity index (χ1n) is 7.14. The van der Waals surface area contributed by atoms with Crippen LogP contribution in [0.3, 0.4) is 0 Å². The third-order valence-corrected chi connectivity index (χ3v) is 7.59. The molecular formula is C18H16OTe. The molecule has 0 saturated heterocycles. The molecule has 100 valence electrons. The summed E-state index contributed by atoms with van der Waals surface area (Å²) in [4.78, 5) is 0. The van der Waals surface area contributed by atoms with Gasteiger partial charge in [0.1, 0.15) is 0 Å². The Morgan fingerprint density at radius 3 is 2.65 bits per heavy atom. The zero-order chi connectivity index (χ0) is 13.4. The van der Waals surface area contributed by atoms with E-state index in [0.29, 0.717) is 3.97 Å². The quantitative estimate of drug-likeness (QED) is 0.620. The molecule has 1 aliphatic carbocycles. The van der Waals surface area contributed by atoms with Crippen LogP contribution in [0.15, 0.2) is 59.0 Å². The molecule has 20 heavy (non-hydrogen) atoms. The second kappa shape index (κ2) is 5.28. The fourth-order valence-corrected chi connectivity index (χ4v) is 6.50. The number of hydrogen-bond acceptors (Lipinski definition) is 1. The Morgan fingerprint density at radius 1 is 0.950 bits per heavy atom. The Labute approximate surface area is 129 Å². The average Bonchev–Trinajstić information content (AvgIpc) is 2.88. The minimum atomic E-state index is -0.216. The van der Waals surface area contributed by atoms with Gasteiger partial charge in [0.25, 0.3) is 0 Å². The molecule has 1 heterocycles. The van der Waals surface area contributed by atoms with Crippen LogP contribution in [-0.4, -0.2) is 20.9 Å². The molecule has 1 nitrogen and oxygen atoms in total. The van der Waals surface area contributed by atoms with Crippen LogP contribution in [0.5, 0.6) is 0 Å². The molecule has 0 saturated carbocycles. The van der Waals surface area contributed by atoms with Crippen molar-refractivity contribution in [3.05, 3.63) is 65.9 Å². The maximum atomic E-state index is 6.21. The molecule has 0 radical (unpaired) electrons. The zero-order valence-corrected chi connectivity index (χ0v) is 13.5. The summed E-state index contributed by atoms with van der Waals surface area (Å²) in [6.07, 6.45) is 3.79. The second-order valence-corrected chi connectivity index (χ2v) is 8.90. The number of para-hydroxylation sites is 1. The number of aryl methyl sites for hydroxylation is 1. The van der Waals surface area contributed by atoms with E-state index in [9.17, 15) is 0 Å². The molecule has 0 aliphatic heterocycles. The van der Waals surface area contributed by atoms with Crippen molar-refractivity contribution in [1.82, 2.24) is 0 Å². The van der Waals surface area contributed by atoms with Gasteiger partial charge in [0.05, 0.1) is 0 Å². The molecule has 1 aliphatic rings. The van der Waals surface area contributed by atoms with E-state index in [0.717, 1.165) is 5.58 Å². The van der Waals surface area contributed by atoms with Crippen molar-refractivity contribution < 1.29 is 4.42 Å². The van der Waals surface area contributed by atoms with Crippen LogP contribution in [0.4, 0.5) is 0 Å². The van der Waals surface area contributed by atoms with Gasteiger partial charge in [-0.15, -0.1) is 0 Å². The van der Waals surface area contributed by atoms with Crippen molar-refractivity contribution in [2.75, 3.05) is 0 Å². The SMILES string of the molecule is c1ccc([Te]C2CCCc3c2oc2ccccc32)cc1. The molecule has 0 amide bonds. The molecule has 0 bridgehead atoms. The predicted octanol–water partition coefficient (Wildman–Crippen LogP) is 3.84. The Balaban J connectivity index is 1.75. The number of fused-ring (bicyclic) bond motifs is 3. The zero-order valence-electron chi connectivity index (χ0n) is 11.2. The number of hydrogen-bond donors (Lipinski definition) is 0. The van der Waals surface area contributed by atoms with Crippen molar-refractivity contribution >= 4 is 35.5 Å². The molecule has 4 rings (SSSR count). The van der Waals surface area contributed by atoms with E-state index in [1.807, 2.05) is 0 Å². The van der Waals surface area contributed by atoms with Crippen molar-refractivity contribution in [3.63, 3.8) is 0 Å². The summed E-state index contributed by atoms with van der Waals surface area (Å²) in [6.45, 7) is 0. The Hall–Kier alpha value is -1.23. The number of rotatable bonds is 2. The van der Waals surface area contributed by atoms with Gasteiger partial charge in [-0.1, -0.05) is 0 Å². The summed E-state index contributed by atoms with van der Waals surface area (Å²) in [5.41, 5.74) is 2.56. The first-order valence-corrected chi connectivity index (χ1v) is 9.65. The van der Waals surface area contributed by atoms with Gasteiger partial charge < -0.3 is 0 Å². The minimum absolute atomic E-state index is 0.216. The van der Waals surface area contributed by atoms with Crippen molar-refractivity contribution in [2.45, 2.75) is 23.2 Å². The van der Waals surface area contributed by atoms with Crippen molar-refractivity contribution in [3.8, 4) is 0 Å². The van der Waals surface area contributed by atoms with Gasteiger partial charge in [0.15, 0.2) is 0 Å². The summed E-state index contributed by atoms with van der Waals surface area (Å²) in [5.74, 6) is 1.30. The molecule has 0 N–H and O–H groups in total. The Bertz CT molecular complexity index is 730. The van der Waals surface area contributed by atoms with E-state index in [-0.39, 0.29) is 20.9 Å². The molecule has 1 aromatic heterocycles. The van der Waals surface area contributed by atoms with Gasteiger partial charge in [0, 0.05) is 0 Å². The van der Waals surface area contributed by atoms with Gasteiger partial charge in [-0.05, 0) is 0 Å². The van der Waals surface area contributed by atoms with Crippen LogP contribution in [0.1, 0.15) is 28.1 Å². The van der Waals surface area contributed by atoms with Gasteiger partial charge >= 0.3 is 129 Å². The summed E-state index contributed by atoms with van der Waals surface area (Å²) in [5, 5.41) is 1.34. The third-order valence-electron chi connectivity index (χ3n) is 3.94. The monoisotopic (exact) mass is 378 g/mol. The molecular weight excluding hydrogens is 360 g/mol. The Kier molecular flexibility index (Phi) is 3.30. The molecule has 1 unspecified atom stereocenters. The molecule has 0 fully saturated rings. The molecule has 1 atom stereocenters. The summed E-state index contributed by atoms with van der Waals surface area (Å²) < 4.78 is 8.41. The maximum absolute atomic E-state index is 6.21. The first kappa shape index (κ1) is 12.5. The predicted molar refractivity (Wildman–Crippen MR) is 83.7 cm³/mol. The number of furan rings is 1. The fourth-order valence-electron chi connectivity index (χ4n) is 3.01. The van der Waals surface area contributed by atoms with Crippen LogP contribution < -0.4 is 3.61 Å². The van der Waals surface area contributed by atoms with Crippen LogP contribution in [0.25, 0.3) is 11.0 Å². The van der Waals surface area contributed by atoms with E-state index in [1.165, 1.54) is 39.6 Å². The van der Waals surface area contributed by atoms with Crippen LogP contribution in [-0.2, 0) is 6.42 Å². The standard InChI is InChI=1S/C18H16OTe/c1-2-7-13(8-3-1)20-17-12-6-10-15-14-9-4-5-11-16(14)19-18(15)17/h1-5,7-9,11,17H,6,10,12H2. The fraction of sp³-hybridized carbons (Fsp3) is 0.222. The third kappa shape index (κ3) is 2.18. The van der Waals surface area contributed by atoms with Crippen molar-refractivity contribution in [1.29, 1.82) is 0 Å². The van der Waals surface area contributed by atoms with E-state index in [1.54, 1.807) is 0 Å². The van der Waals surface area contributed by atoms with Crippen LogP contribution >= 0.6 is 0 Å². The van der Waals surface area contributed by atoms with Gasteiger partial charge in [-0.3, -0.25) is 0 Å². The van der Waals surface area contributed by atoms with Gasteiger partial charge in [-0.25, -0.2) is 0 Å².